The fourth-order valence-electron chi connectivity index (χ4n) is 3.27. The number of halogens is 2. The molecule has 4 nitrogen and oxygen atoms in total. The maximum atomic E-state index is 13.7. The summed E-state index contributed by atoms with van der Waals surface area (Å²) in [7, 11) is 0. The van der Waals surface area contributed by atoms with Gasteiger partial charge in [0.25, 0.3) is 0 Å². The first-order chi connectivity index (χ1) is 10.6. The number of carbonyl (C=O) groups excluding carboxylic acids is 1. The van der Waals surface area contributed by atoms with Gasteiger partial charge in [-0.2, -0.15) is 0 Å². The average molecular weight is 309 g/mol. The van der Waals surface area contributed by atoms with Gasteiger partial charge in [0.1, 0.15) is 0 Å². The molecule has 6 heteroatoms. The number of piperazine rings is 1. The Labute approximate surface area is 129 Å². The molecule has 120 valence electrons. The van der Waals surface area contributed by atoms with E-state index in [-0.39, 0.29) is 17.9 Å². The molecule has 2 heterocycles. The smallest absolute Gasteiger partial charge is 0.227 e. The van der Waals surface area contributed by atoms with E-state index in [1.807, 2.05) is 0 Å². The van der Waals surface area contributed by atoms with Crippen molar-refractivity contribution in [2.45, 2.75) is 18.9 Å². The molecule has 0 aromatic heterocycles. The molecular formula is C16H21F2N3O. The lowest BCUT2D eigenvalue weighted by molar-refractivity contribution is -0.129. The summed E-state index contributed by atoms with van der Waals surface area (Å²) in [6, 6.07) is 4.37. The van der Waals surface area contributed by atoms with Crippen LogP contribution in [0.3, 0.4) is 0 Å². The first-order valence-corrected chi connectivity index (χ1v) is 7.80. The highest BCUT2D eigenvalue weighted by Crippen LogP contribution is 2.19. The number of likely N-dealkylation sites (tertiary alicyclic amines) is 1. The second kappa shape index (κ2) is 6.71. The highest BCUT2D eigenvalue weighted by Gasteiger charge is 2.31. The molecule has 0 saturated carbocycles. The van der Waals surface area contributed by atoms with Gasteiger partial charge < -0.3 is 10.2 Å². The Bertz CT molecular complexity index is 546. The van der Waals surface area contributed by atoms with E-state index < -0.39 is 11.6 Å². The minimum Gasteiger partial charge on any atom is -0.341 e. The molecule has 0 aliphatic carbocycles. The van der Waals surface area contributed by atoms with Gasteiger partial charge in [0.15, 0.2) is 11.6 Å². The van der Waals surface area contributed by atoms with Crippen molar-refractivity contribution < 1.29 is 13.6 Å². The maximum Gasteiger partial charge on any atom is 0.227 e. The number of rotatable bonds is 3. The van der Waals surface area contributed by atoms with Gasteiger partial charge in [0.05, 0.1) is 6.42 Å². The van der Waals surface area contributed by atoms with Gasteiger partial charge in [-0.15, -0.1) is 0 Å². The number of nitrogens with one attached hydrogen (secondary N) is 1. The first kappa shape index (κ1) is 15.4. The van der Waals surface area contributed by atoms with Crippen molar-refractivity contribution in [3.63, 3.8) is 0 Å². The Balaban J connectivity index is 1.58. The highest BCUT2D eigenvalue weighted by molar-refractivity contribution is 5.79. The van der Waals surface area contributed by atoms with Crippen molar-refractivity contribution in [1.29, 1.82) is 0 Å². The number of hydrogen-bond acceptors (Lipinski definition) is 3. The van der Waals surface area contributed by atoms with Crippen LogP contribution in [-0.4, -0.2) is 61.0 Å². The summed E-state index contributed by atoms with van der Waals surface area (Å²) in [6.45, 7) is 5.37. The third-order valence-electron chi connectivity index (χ3n) is 4.56. The van der Waals surface area contributed by atoms with Crippen molar-refractivity contribution in [1.82, 2.24) is 15.1 Å². The second-order valence-electron chi connectivity index (χ2n) is 5.96. The van der Waals surface area contributed by atoms with E-state index in [1.54, 1.807) is 4.90 Å². The van der Waals surface area contributed by atoms with Gasteiger partial charge in [-0.1, -0.05) is 12.1 Å². The van der Waals surface area contributed by atoms with Crippen LogP contribution in [0.1, 0.15) is 12.0 Å². The lowest BCUT2D eigenvalue weighted by Gasteiger charge is -2.32. The van der Waals surface area contributed by atoms with E-state index in [9.17, 15) is 13.6 Å². The monoisotopic (exact) mass is 309 g/mol. The Kier molecular flexibility index (Phi) is 4.69. The van der Waals surface area contributed by atoms with E-state index in [4.69, 9.17) is 0 Å². The summed E-state index contributed by atoms with van der Waals surface area (Å²) in [5, 5.41) is 3.32. The van der Waals surface area contributed by atoms with Crippen LogP contribution in [0, 0.1) is 11.6 Å². The van der Waals surface area contributed by atoms with Crippen LogP contribution in [-0.2, 0) is 11.2 Å². The van der Waals surface area contributed by atoms with Gasteiger partial charge >= 0.3 is 0 Å². The summed E-state index contributed by atoms with van der Waals surface area (Å²) in [6.07, 6.45) is 0.884. The van der Waals surface area contributed by atoms with Crippen LogP contribution in [0.4, 0.5) is 8.78 Å². The van der Waals surface area contributed by atoms with Crippen molar-refractivity contribution >= 4 is 5.91 Å². The van der Waals surface area contributed by atoms with E-state index in [0.717, 1.165) is 38.7 Å². The quantitative estimate of drug-likeness (QED) is 0.905. The molecule has 1 aromatic rings. The topological polar surface area (TPSA) is 35.6 Å². The van der Waals surface area contributed by atoms with Crippen LogP contribution < -0.4 is 5.32 Å². The number of hydrogen-bond donors (Lipinski definition) is 1. The Hall–Kier alpha value is -1.53. The second-order valence-corrected chi connectivity index (χ2v) is 5.96. The fraction of sp³-hybridized carbons (Fsp3) is 0.562. The van der Waals surface area contributed by atoms with Gasteiger partial charge in [0.2, 0.25) is 5.91 Å². The third-order valence-corrected chi connectivity index (χ3v) is 4.56. The van der Waals surface area contributed by atoms with Crippen LogP contribution in [0.5, 0.6) is 0 Å². The lowest BCUT2D eigenvalue weighted by Crippen LogP contribution is -2.49. The molecule has 1 amide bonds. The number of nitrogens with zero attached hydrogens (tertiary/aromatic N) is 2. The molecule has 2 aliphatic rings. The van der Waals surface area contributed by atoms with Gasteiger partial charge in [-0.3, -0.25) is 9.69 Å². The first-order valence-electron chi connectivity index (χ1n) is 7.80. The number of amides is 1. The summed E-state index contributed by atoms with van der Waals surface area (Å²) < 4.78 is 26.9. The van der Waals surface area contributed by atoms with Crippen molar-refractivity contribution in [3.05, 3.63) is 35.4 Å². The molecule has 2 fully saturated rings. The Morgan fingerprint density at radius 3 is 2.77 bits per heavy atom. The molecule has 1 unspecified atom stereocenters. The third kappa shape index (κ3) is 3.28. The zero-order chi connectivity index (χ0) is 15.5. The standard InChI is InChI=1S/C16H21F2N3O/c17-14-3-1-2-12(16(14)18)10-15(22)21-7-4-13(11-21)20-8-5-19-6-9-20/h1-3,13,19H,4-11H2. The van der Waals surface area contributed by atoms with Crippen LogP contribution in [0.2, 0.25) is 0 Å². The van der Waals surface area contributed by atoms with Gasteiger partial charge in [0, 0.05) is 50.9 Å². The Morgan fingerprint density at radius 2 is 2.00 bits per heavy atom. The SMILES string of the molecule is O=C(Cc1cccc(F)c1F)N1CCC(N2CCNCC2)C1. The molecule has 0 spiro atoms. The normalized spacial score (nSPS) is 23.0. The molecule has 1 N–H and O–H groups in total. The molecular weight excluding hydrogens is 288 g/mol. The van der Waals surface area contributed by atoms with Crippen molar-refractivity contribution in [3.8, 4) is 0 Å². The van der Waals surface area contributed by atoms with E-state index in [1.165, 1.54) is 12.1 Å². The molecule has 1 aromatic carbocycles. The Morgan fingerprint density at radius 1 is 1.23 bits per heavy atom. The molecule has 0 bridgehead atoms. The van der Waals surface area contributed by atoms with Crippen molar-refractivity contribution in [2.24, 2.45) is 0 Å². The zero-order valence-electron chi connectivity index (χ0n) is 12.5. The van der Waals surface area contributed by atoms with E-state index >= 15 is 0 Å². The van der Waals surface area contributed by atoms with Crippen LogP contribution in [0.15, 0.2) is 18.2 Å². The molecule has 2 aliphatic heterocycles. The lowest BCUT2D eigenvalue weighted by atomic mass is 10.1. The molecule has 22 heavy (non-hydrogen) atoms. The van der Waals surface area contributed by atoms with E-state index in [2.05, 4.69) is 10.2 Å². The molecule has 2 saturated heterocycles. The minimum atomic E-state index is -0.909. The summed E-state index contributed by atoms with van der Waals surface area (Å²) in [5.41, 5.74) is 0.135. The van der Waals surface area contributed by atoms with E-state index in [0.29, 0.717) is 19.1 Å². The van der Waals surface area contributed by atoms with Gasteiger partial charge in [-0.25, -0.2) is 8.78 Å². The maximum absolute atomic E-state index is 13.7. The summed E-state index contributed by atoms with van der Waals surface area (Å²) in [4.78, 5) is 16.5. The number of benzene rings is 1. The fourth-order valence-corrected chi connectivity index (χ4v) is 3.27. The molecule has 1 atom stereocenters. The zero-order valence-corrected chi connectivity index (χ0v) is 12.5. The molecule has 3 rings (SSSR count). The predicted octanol–water partition coefficient (Wildman–Crippen LogP) is 1.01. The van der Waals surface area contributed by atoms with Crippen molar-refractivity contribution in [2.75, 3.05) is 39.3 Å². The highest BCUT2D eigenvalue weighted by atomic mass is 19.2. The van der Waals surface area contributed by atoms with Crippen LogP contribution >= 0.6 is 0 Å². The average Bonchev–Trinajstić information content (AvgIpc) is 3.03. The largest absolute Gasteiger partial charge is 0.341 e. The minimum absolute atomic E-state index is 0.0716. The molecule has 0 radical (unpaired) electrons. The summed E-state index contributed by atoms with van der Waals surface area (Å²) in [5.74, 6) is -1.93. The van der Waals surface area contributed by atoms with Crippen LogP contribution in [0.25, 0.3) is 0 Å². The predicted molar refractivity (Wildman–Crippen MR) is 79.5 cm³/mol. The van der Waals surface area contributed by atoms with Gasteiger partial charge in [-0.05, 0) is 12.5 Å². The summed E-state index contributed by atoms with van der Waals surface area (Å²) >= 11 is 0. The number of carbonyl (C=O) groups is 1.